The molecule has 9 heteroatoms. The topological polar surface area (TPSA) is 94.1 Å². The van der Waals surface area contributed by atoms with Crippen LogP contribution in [0.15, 0.2) is 73.1 Å². The van der Waals surface area contributed by atoms with Crippen LogP contribution in [0.4, 0.5) is 0 Å². The number of phosphoric acid groups is 1. The van der Waals surface area contributed by atoms with Gasteiger partial charge in [0.1, 0.15) is 19.8 Å². The minimum absolute atomic E-state index is 0.000485. The minimum atomic E-state index is -4.56. The molecule has 0 rings (SSSR count). The molecule has 318 valence electrons. The van der Waals surface area contributed by atoms with Crippen LogP contribution < -0.4 is 4.89 Å². The average molecular weight is 792 g/mol. The lowest BCUT2D eigenvalue weighted by molar-refractivity contribution is -0.870. The van der Waals surface area contributed by atoms with Gasteiger partial charge in [-0.1, -0.05) is 158 Å². The summed E-state index contributed by atoms with van der Waals surface area (Å²) in [7, 11) is 1.27. The predicted molar refractivity (Wildman–Crippen MR) is 231 cm³/mol. The zero-order valence-electron chi connectivity index (χ0n) is 35.8. The van der Waals surface area contributed by atoms with Gasteiger partial charge in [-0.05, 0) is 63.9 Å². The molecule has 1 unspecified atom stereocenters. The molecule has 0 heterocycles. The van der Waals surface area contributed by atoms with Gasteiger partial charge in [-0.2, -0.15) is 0 Å². The highest BCUT2D eigenvalue weighted by molar-refractivity contribution is 7.45. The lowest BCUT2D eigenvalue weighted by Crippen LogP contribution is -2.37. The molecule has 0 saturated heterocycles. The molecule has 0 amide bonds. The van der Waals surface area contributed by atoms with E-state index in [2.05, 4.69) is 62.5 Å². The molecule has 0 spiro atoms. The number of rotatable bonds is 39. The molecule has 0 fully saturated rings. The van der Waals surface area contributed by atoms with Crippen LogP contribution in [-0.2, 0) is 27.9 Å². The van der Waals surface area contributed by atoms with Gasteiger partial charge >= 0.3 is 5.97 Å². The number of hydrogen-bond acceptors (Lipinski definition) is 7. The van der Waals surface area contributed by atoms with Gasteiger partial charge in [0.2, 0.25) is 0 Å². The zero-order valence-corrected chi connectivity index (χ0v) is 36.7. The monoisotopic (exact) mass is 792 g/mol. The number of allylic oxidation sites excluding steroid dienone is 11. The molecule has 0 aliphatic rings. The molecular formula is C46H82NO7P. The number of esters is 1. The molecule has 0 saturated carbocycles. The summed E-state index contributed by atoms with van der Waals surface area (Å²) in [6.45, 7) is 4.61. The molecule has 0 aromatic rings. The van der Waals surface area contributed by atoms with Crippen LogP contribution in [0.3, 0.4) is 0 Å². The minimum Gasteiger partial charge on any atom is -0.756 e. The van der Waals surface area contributed by atoms with Gasteiger partial charge in [-0.15, -0.1) is 0 Å². The van der Waals surface area contributed by atoms with Crippen molar-refractivity contribution < 1.29 is 37.3 Å². The van der Waals surface area contributed by atoms with E-state index in [-0.39, 0.29) is 26.2 Å². The highest BCUT2D eigenvalue weighted by atomic mass is 31.2. The normalized spacial score (nSPS) is 14.4. The van der Waals surface area contributed by atoms with Crippen LogP contribution >= 0.6 is 7.82 Å². The fourth-order valence-corrected chi connectivity index (χ4v) is 6.16. The number of ether oxygens (including phenoxy) is 2. The number of carbonyl (C=O) groups excluding carboxylic acids is 1. The second-order valence-corrected chi connectivity index (χ2v) is 16.8. The van der Waals surface area contributed by atoms with Gasteiger partial charge in [0.15, 0.2) is 6.10 Å². The second-order valence-electron chi connectivity index (χ2n) is 15.4. The maximum absolute atomic E-state index is 12.6. The van der Waals surface area contributed by atoms with E-state index in [0.717, 1.165) is 38.5 Å². The quantitative estimate of drug-likeness (QED) is 0.0153. The molecule has 55 heavy (non-hydrogen) atoms. The molecular weight excluding hydrogens is 709 g/mol. The Morgan fingerprint density at radius 3 is 1.55 bits per heavy atom. The summed E-state index contributed by atoms with van der Waals surface area (Å²) in [5.41, 5.74) is 0. The molecule has 0 aromatic carbocycles. The summed E-state index contributed by atoms with van der Waals surface area (Å²) >= 11 is 0. The van der Waals surface area contributed by atoms with Crippen LogP contribution in [0.25, 0.3) is 0 Å². The van der Waals surface area contributed by atoms with E-state index in [4.69, 9.17) is 18.5 Å². The summed E-state index contributed by atoms with van der Waals surface area (Å²) in [6.07, 6.45) is 50.2. The Morgan fingerprint density at radius 2 is 1.02 bits per heavy atom. The third kappa shape index (κ3) is 42.8. The molecule has 0 radical (unpaired) electrons. The Balaban J connectivity index is 4.45. The fourth-order valence-electron chi connectivity index (χ4n) is 5.43. The van der Waals surface area contributed by atoms with Crippen molar-refractivity contribution in [1.82, 2.24) is 0 Å². The predicted octanol–water partition coefficient (Wildman–Crippen LogP) is 12.4. The van der Waals surface area contributed by atoms with Crippen molar-refractivity contribution in [2.45, 2.75) is 168 Å². The van der Waals surface area contributed by atoms with Crippen LogP contribution in [0.2, 0.25) is 0 Å². The van der Waals surface area contributed by atoms with Crippen LogP contribution in [0.1, 0.15) is 162 Å². The van der Waals surface area contributed by atoms with E-state index < -0.39 is 19.9 Å². The van der Waals surface area contributed by atoms with Crippen molar-refractivity contribution in [1.29, 1.82) is 0 Å². The first-order valence-electron chi connectivity index (χ1n) is 21.7. The fraction of sp³-hybridized carbons (Fsp3) is 0.717. The van der Waals surface area contributed by atoms with E-state index in [1.165, 1.54) is 96.3 Å². The van der Waals surface area contributed by atoms with Gasteiger partial charge < -0.3 is 27.9 Å². The number of quaternary nitrogens is 1. The highest BCUT2D eigenvalue weighted by Gasteiger charge is 2.20. The maximum atomic E-state index is 12.6. The smallest absolute Gasteiger partial charge is 0.306 e. The van der Waals surface area contributed by atoms with E-state index in [1.54, 1.807) is 6.26 Å². The summed E-state index contributed by atoms with van der Waals surface area (Å²) in [5, 5.41) is 0. The van der Waals surface area contributed by atoms with E-state index in [1.807, 2.05) is 39.4 Å². The first-order chi connectivity index (χ1) is 26.6. The summed E-state index contributed by atoms with van der Waals surface area (Å²) in [5.74, 6) is -0.438. The Bertz CT molecular complexity index is 1110. The lowest BCUT2D eigenvalue weighted by atomic mass is 10.0. The molecule has 0 N–H and O–H groups in total. The zero-order chi connectivity index (χ0) is 40.6. The summed E-state index contributed by atoms with van der Waals surface area (Å²) < 4.78 is 34.2. The van der Waals surface area contributed by atoms with Crippen molar-refractivity contribution in [3.63, 3.8) is 0 Å². The largest absolute Gasteiger partial charge is 0.756 e. The number of unbranched alkanes of at least 4 members (excludes halogenated alkanes) is 15. The number of carbonyl (C=O) groups is 1. The van der Waals surface area contributed by atoms with Crippen molar-refractivity contribution in [2.75, 3.05) is 47.5 Å². The highest BCUT2D eigenvalue weighted by Crippen LogP contribution is 2.38. The summed E-state index contributed by atoms with van der Waals surface area (Å²) in [4.78, 5) is 25.0. The maximum Gasteiger partial charge on any atom is 0.306 e. The van der Waals surface area contributed by atoms with Gasteiger partial charge in [0, 0.05) is 6.42 Å². The molecule has 0 aromatic heterocycles. The number of hydrogen-bond donors (Lipinski definition) is 0. The van der Waals surface area contributed by atoms with Gasteiger partial charge in [-0.25, -0.2) is 0 Å². The Morgan fingerprint density at radius 1 is 0.582 bits per heavy atom. The van der Waals surface area contributed by atoms with Crippen LogP contribution in [0, 0.1) is 0 Å². The number of likely N-dealkylation sites (N-methyl/N-ethyl adjacent to an activating group) is 1. The number of nitrogens with zero attached hydrogens (tertiary/aromatic N) is 1. The molecule has 8 nitrogen and oxygen atoms in total. The lowest BCUT2D eigenvalue weighted by Gasteiger charge is -2.28. The van der Waals surface area contributed by atoms with E-state index in [9.17, 15) is 14.3 Å². The third-order valence-corrected chi connectivity index (χ3v) is 9.80. The molecule has 0 aliphatic carbocycles. The standard InChI is InChI=1S/C46H82NO7P/c1-6-8-10-12-14-16-18-20-22-23-24-25-26-27-29-31-33-35-37-39-46(48)54-45(44-53-55(49,50)52-42-40-47(3,4)5)43-51-41-38-36-34-32-30-28-21-19-17-15-13-11-9-7-2/h14,16,20,22,24-25,27,29,33,35,38,41,45H,6-13,15,17-19,21,23,26,28,30-32,34,36-37,39-40,42-44H2,1-5H3/b16-14-,22-20-,25-24-,29-27-,35-33-,41-38-/t45-/m1/s1. The Kier molecular flexibility index (Phi) is 37.1. The van der Waals surface area contributed by atoms with Crippen molar-refractivity contribution in [3.05, 3.63) is 73.1 Å². The molecule has 0 bridgehead atoms. The van der Waals surface area contributed by atoms with E-state index in [0.29, 0.717) is 17.4 Å². The van der Waals surface area contributed by atoms with Crippen molar-refractivity contribution in [3.8, 4) is 0 Å². The summed E-state index contributed by atoms with van der Waals surface area (Å²) in [6, 6.07) is 0. The van der Waals surface area contributed by atoms with Gasteiger partial charge in [0.05, 0.1) is 34.0 Å². The molecule has 0 aliphatic heterocycles. The van der Waals surface area contributed by atoms with Gasteiger partial charge in [0.25, 0.3) is 7.82 Å². The second kappa shape index (κ2) is 38.6. The first-order valence-corrected chi connectivity index (χ1v) is 23.2. The van der Waals surface area contributed by atoms with Crippen LogP contribution in [-0.4, -0.2) is 64.1 Å². The first kappa shape index (κ1) is 52.8. The van der Waals surface area contributed by atoms with Crippen molar-refractivity contribution in [2.24, 2.45) is 0 Å². The van der Waals surface area contributed by atoms with Crippen molar-refractivity contribution >= 4 is 13.8 Å². The third-order valence-electron chi connectivity index (χ3n) is 8.84. The number of phosphoric ester groups is 1. The Hall–Kier alpha value is -2.22. The molecule has 2 atom stereocenters. The van der Waals surface area contributed by atoms with E-state index >= 15 is 0 Å². The average Bonchev–Trinajstić information content (AvgIpc) is 3.13. The Labute approximate surface area is 338 Å². The van der Waals surface area contributed by atoms with Gasteiger partial charge in [-0.3, -0.25) is 9.36 Å². The van der Waals surface area contributed by atoms with Crippen LogP contribution in [0.5, 0.6) is 0 Å². The SMILES string of the molecule is CCCCC/C=C\C/C=C\C/C=C\C/C=C\C/C=C\CCC(=O)O[C@H](CO/C=C\CCCCCCCCCCCCCC)COP(=O)([O-])OCC[N+](C)(C)C.